The average Bonchev–Trinajstić information content (AvgIpc) is 2.58. The molecule has 7 nitrogen and oxygen atoms in total. The van der Waals surface area contributed by atoms with E-state index in [1.54, 1.807) is 6.92 Å². The molecule has 140 valence electrons. The Bertz CT molecular complexity index is 540. The van der Waals surface area contributed by atoms with Gasteiger partial charge in [0, 0.05) is 12.0 Å². The van der Waals surface area contributed by atoms with Crippen LogP contribution in [0, 0.1) is 5.92 Å². The fraction of sp³-hybridized carbons (Fsp3) is 0.611. The molecule has 25 heavy (non-hydrogen) atoms. The Morgan fingerprint density at radius 2 is 2.00 bits per heavy atom. The molecule has 7 heteroatoms. The van der Waals surface area contributed by atoms with Gasteiger partial charge < -0.3 is 30.1 Å². The summed E-state index contributed by atoms with van der Waals surface area (Å²) in [6, 6.07) is 9.76. The lowest BCUT2D eigenvalue weighted by Gasteiger charge is -2.40. The lowest BCUT2D eigenvalue weighted by Crippen LogP contribution is -2.56. The molecule has 1 aliphatic rings. The molecular formula is C18H27NO6. The molecule has 6 atom stereocenters. The van der Waals surface area contributed by atoms with E-state index in [1.807, 2.05) is 37.3 Å². The SMILES string of the molecule is C[C@@H](Cc1ccccc1)NC(=O)COC1[C@H](O)C(CO)O[C@H](O)[C@H]1C. The second-order valence-electron chi connectivity index (χ2n) is 6.53. The first-order chi connectivity index (χ1) is 11.9. The molecular weight excluding hydrogens is 326 g/mol. The number of carbonyl (C=O) groups is 1. The Hall–Kier alpha value is -1.51. The standard InChI is InChI=1S/C18H27NO6/c1-11(8-13-6-4-3-5-7-13)19-15(21)10-24-17-12(2)18(23)25-14(9-20)16(17)22/h3-7,11-12,14,16-18,20,22-23H,8-10H2,1-2H3,(H,19,21)/t11-,12-,14?,16+,17?,18-/m0/s1. The largest absolute Gasteiger partial charge is 0.394 e. The first-order valence-electron chi connectivity index (χ1n) is 8.49. The van der Waals surface area contributed by atoms with E-state index in [1.165, 1.54) is 0 Å². The Kier molecular flexibility index (Phi) is 7.34. The topological polar surface area (TPSA) is 108 Å². The van der Waals surface area contributed by atoms with Crippen molar-refractivity contribution in [2.24, 2.45) is 5.92 Å². The maximum atomic E-state index is 12.1. The van der Waals surface area contributed by atoms with Crippen molar-refractivity contribution in [1.82, 2.24) is 5.32 Å². The van der Waals surface area contributed by atoms with Crippen molar-refractivity contribution in [2.45, 2.75) is 50.9 Å². The van der Waals surface area contributed by atoms with Gasteiger partial charge in [-0.15, -0.1) is 0 Å². The number of amides is 1. The predicted molar refractivity (Wildman–Crippen MR) is 90.6 cm³/mol. The molecule has 1 amide bonds. The van der Waals surface area contributed by atoms with Crippen LogP contribution in [0.5, 0.6) is 0 Å². The van der Waals surface area contributed by atoms with Crippen LogP contribution in [0.3, 0.4) is 0 Å². The zero-order valence-electron chi connectivity index (χ0n) is 14.5. The molecule has 1 aliphatic heterocycles. The highest BCUT2D eigenvalue weighted by molar-refractivity contribution is 5.77. The highest BCUT2D eigenvalue weighted by Crippen LogP contribution is 2.26. The van der Waals surface area contributed by atoms with Crippen LogP contribution in [0.25, 0.3) is 0 Å². The number of nitrogens with one attached hydrogen (secondary N) is 1. The van der Waals surface area contributed by atoms with Crippen molar-refractivity contribution >= 4 is 5.91 Å². The van der Waals surface area contributed by atoms with Gasteiger partial charge in [-0.3, -0.25) is 4.79 Å². The summed E-state index contributed by atoms with van der Waals surface area (Å²) in [7, 11) is 0. The minimum Gasteiger partial charge on any atom is -0.394 e. The molecule has 1 fully saturated rings. The third kappa shape index (κ3) is 5.49. The fourth-order valence-electron chi connectivity index (χ4n) is 2.98. The van der Waals surface area contributed by atoms with Crippen molar-refractivity contribution in [3.63, 3.8) is 0 Å². The van der Waals surface area contributed by atoms with Gasteiger partial charge in [0.05, 0.1) is 12.7 Å². The first-order valence-corrected chi connectivity index (χ1v) is 8.49. The van der Waals surface area contributed by atoms with E-state index >= 15 is 0 Å². The van der Waals surface area contributed by atoms with Crippen molar-refractivity contribution in [3.8, 4) is 0 Å². The summed E-state index contributed by atoms with van der Waals surface area (Å²) in [5.74, 6) is -0.822. The van der Waals surface area contributed by atoms with E-state index in [0.29, 0.717) is 6.42 Å². The minimum atomic E-state index is -1.16. The van der Waals surface area contributed by atoms with Crippen LogP contribution < -0.4 is 5.32 Å². The van der Waals surface area contributed by atoms with E-state index in [2.05, 4.69) is 5.32 Å². The Morgan fingerprint density at radius 3 is 2.64 bits per heavy atom. The fourth-order valence-corrected chi connectivity index (χ4v) is 2.98. The van der Waals surface area contributed by atoms with Crippen LogP contribution in [0.1, 0.15) is 19.4 Å². The number of carbonyl (C=O) groups excluding carboxylic acids is 1. The normalized spacial score (nSPS) is 30.7. The Balaban J connectivity index is 1.81. The molecule has 0 aromatic heterocycles. The maximum Gasteiger partial charge on any atom is 0.246 e. The smallest absolute Gasteiger partial charge is 0.246 e. The highest BCUT2D eigenvalue weighted by Gasteiger charge is 2.43. The summed E-state index contributed by atoms with van der Waals surface area (Å²) < 4.78 is 10.6. The zero-order valence-corrected chi connectivity index (χ0v) is 14.5. The molecule has 1 saturated heterocycles. The summed E-state index contributed by atoms with van der Waals surface area (Å²) in [5.41, 5.74) is 1.12. The van der Waals surface area contributed by atoms with Crippen LogP contribution in [0.15, 0.2) is 30.3 Å². The number of hydrogen-bond acceptors (Lipinski definition) is 6. The molecule has 0 saturated carbocycles. The molecule has 1 aromatic rings. The van der Waals surface area contributed by atoms with Crippen LogP contribution >= 0.6 is 0 Å². The van der Waals surface area contributed by atoms with Gasteiger partial charge in [-0.2, -0.15) is 0 Å². The maximum absolute atomic E-state index is 12.1. The predicted octanol–water partition coefficient (Wildman–Crippen LogP) is -0.174. The molecule has 0 radical (unpaired) electrons. The number of aliphatic hydroxyl groups excluding tert-OH is 3. The van der Waals surface area contributed by atoms with Gasteiger partial charge in [-0.05, 0) is 18.9 Å². The average molecular weight is 353 g/mol. The summed E-state index contributed by atoms with van der Waals surface area (Å²) in [5, 5.41) is 32.0. The first kappa shape index (κ1) is 19.8. The van der Waals surface area contributed by atoms with Gasteiger partial charge in [0.1, 0.15) is 18.8 Å². The van der Waals surface area contributed by atoms with Crippen LogP contribution in [-0.4, -0.2) is 65.1 Å². The second-order valence-corrected chi connectivity index (χ2v) is 6.53. The van der Waals surface area contributed by atoms with Gasteiger partial charge >= 0.3 is 0 Å². The summed E-state index contributed by atoms with van der Waals surface area (Å²) >= 11 is 0. The summed E-state index contributed by atoms with van der Waals surface area (Å²) in [4.78, 5) is 12.1. The molecule has 0 spiro atoms. The quantitative estimate of drug-likeness (QED) is 0.542. The van der Waals surface area contributed by atoms with Crippen molar-refractivity contribution < 1.29 is 29.6 Å². The molecule has 0 aliphatic carbocycles. The Labute approximate surface area is 147 Å². The molecule has 1 aromatic carbocycles. The molecule has 1 heterocycles. The van der Waals surface area contributed by atoms with Crippen molar-refractivity contribution in [1.29, 1.82) is 0 Å². The number of aliphatic hydroxyl groups is 3. The van der Waals surface area contributed by atoms with Crippen LogP contribution in [-0.2, 0) is 20.7 Å². The summed E-state index contributed by atoms with van der Waals surface area (Å²) in [6.45, 7) is 2.88. The van der Waals surface area contributed by atoms with Gasteiger partial charge in [0.15, 0.2) is 6.29 Å². The Morgan fingerprint density at radius 1 is 1.32 bits per heavy atom. The third-order valence-electron chi connectivity index (χ3n) is 4.38. The third-order valence-corrected chi connectivity index (χ3v) is 4.38. The van der Waals surface area contributed by atoms with Gasteiger partial charge in [-0.1, -0.05) is 37.3 Å². The van der Waals surface area contributed by atoms with E-state index in [-0.39, 0.29) is 18.6 Å². The molecule has 4 N–H and O–H groups in total. The number of hydrogen-bond donors (Lipinski definition) is 4. The second kappa shape index (κ2) is 9.26. The highest BCUT2D eigenvalue weighted by atomic mass is 16.6. The zero-order chi connectivity index (χ0) is 18.4. The van der Waals surface area contributed by atoms with E-state index in [0.717, 1.165) is 5.56 Å². The lowest BCUT2D eigenvalue weighted by molar-refractivity contribution is -0.273. The van der Waals surface area contributed by atoms with Gasteiger partial charge in [0.2, 0.25) is 5.91 Å². The molecule has 2 unspecified atom stereocenters. The van der Waals surface area contributed by atoms with Crippen molar-refractivity contribution in [3.05, 3.63) is 35.9 Å². The van der Waals surface area contributed by atoms with E-state index < -0.39 is 37.1 Å². The van der Waals surface area contributed by atoms with E-state index in [9.17, 15) is 20.1 Å². The van der Waals surface area contributed by atoms with Crippen LogP contribution in [0.4, 0.5) is 0 Å². The lowest BCUT2D eigenvalue weighted by atomic mass is 9.92. The molecule has 2 rings (SSSR count). The molecule has 0 bridgehead atoms. The number of rotatable bonds is 7. The van der Waals surface area contributed by atoms with Crippen LogP contribution in [0.2, 0.25) is 0 Å². The number of ether oxygens (including phenoxy) is 2. The van der Waals surface area contributed by atoms with Crippen molar-refractivity contribution in [2.75, 3.05) is 13.2 Å². The minimum absolute atomic E-state index is 0.0636. The number of benzene rings is 1. The van der Waals surface area contributed by atoms with Gasteiger partial charge in [-0.25, -0.2) is 0 Å². The summed E-state index contributed by atoms with van der Waals surface area (Å²) in [6.07, 6.45) is -3.30. The van der Waals surface area contributed by atoms with E-state index in [4.69, 9.17) is 9.47 Å². The monoisotopic (exact) mass is 353 g/mol. The van der Waals surface area contributed by atoms with Gasteiger partial charge in [0.25, 0.3) is 0 Å².